The van der Waals surface area contributed by atoms with E-state index >= 15 is 0 Å². The van der Waals surface area contributed by atoms with Crippen LogP contribution in [0, 0.1) is 19.8 Å². The summed E-state index contributed by atoms with van der Waals surface area (Å²) in [5, 5.41) is 12.7. The number of nitrogens with one attached hydrogen (secondary N) is 1. The maximum absolute atomic E-state index is 12.9. The van der Waals surface area contributed by atoms with Crippen molar-refractivity contribution < 1.29 is 9.59 Å². The lowest BCUT2D eigenvalue weighted by Crippen LogP contribution is -2.36. The van der Waals surface area contributed by atoms with E-state index in [-0.39, 0.29) is 11.9 Å². The van der Waals surface area contributed by atoms with Crippen molar-refractivity contribution in [2.45, 2.75) is 40.7 Å². The minimum absolute atomic E-state index is 0.0982. The number of benzene rings is 1. The first-order chi connectivity index (χ1) is 12.3. The summed E-state index contributed by atoms with van der Waals surface area (Å²) in [5.41, 5.74) is 3.22. The van der Waals surface area contributed by atoms with Gasteiger partial charge in [-0.05, 0) is 46.2 Å². The van der Waals surface area contributed by atoms with Crippen LogP contribution < -0.4 is 10.3 Å². The second-order valence-corrected chi connectivity index (χ2v) is 6.86. The molecule has 1 N–H and O–H groups in total. The van der Waals surface area contributed by atoms with Crippen LogP contribution in [0.5, 0.6) is 0 Å². The first-order valence-corrected chi connectivity index (χ1v) is 8.60. The third kappa shape index (κ3) is 3.12. The van der Waals surface area contributed by atoms with E-state index in [1.807, 2.05) is 45.9 Å². The van der Waals surface area contributed by atoms with Crippen molar-refractivity contribution in [2.24, 2.45) is 11.0 Å². The molecule has 2 heterocycles. The second-order valence-electron chi connectivity index (χ2n) is 6.86. The summed E-state index contributed by atoms with van der Waals surface area (Å²) in [4.78, 5) is 25.6. The molecule has 1 atom stereocenters. The van der Waals surface area contributed by atoms with Crippen LogP contribution in [0.4, 0.5) is 11.5 Å². The number of hydrazone groups is 1. The number of hydrogen-bond acceptors (Lipinski definition) is 4. The molecule has 0 radical (unpaired) electrons. The molecular formula is C19H23N5O2. The van der Waals surface area contributed by atoms with Crippen molar-refractivity contribution >= 4 is 29.0 Å². The number of anilines is 2. The van der Waals surface area contributed by atoms with Gasteiger partial charge in [0.05, 0.1) is 17.6 Å². The number of hydrogen-bond donors (Lipinski definition) is 1. The molecule has 0 saturated heterocycles. The maximum Gasteiger partial charge on any atom is 0.265 e. The Morgan fingerprint density at radius 2 is 1.92 bits per heavy atom. The molecule has 1 aromatic heterocycles. The molecule has 0 bridgehead atoms. The molecule has 0 aliphatic carbocycles. The van der Waals surface area contributed by atoms with Crippen LogP contribution in [0.15, 0.2) is 35.6 Å². The van der Waals surface area contributed by atoms with Gasteiger partial charge in [-0.1, -0.05) is 17.7 Å². The molecule has 7 nitrogen and oxygen atoms in total. The largest absolute Gasteiger partial charge is 0.310 e. The topological polar surface area (TPSA) is 79.6 Å². The zero-order valence-electron chi connectivity index (χ0n) is 15.6. The number of rotatable bonds is 4. The van der Waals surface area contributed by atoms with E-state index in [4.69, 9.17) is 0 Å². The molecule has 0 saturated carbocycles. The van der Waals surface area contributed by atoms with Gasteiger partial charge in [-0.3, -0.25) is 9.59 Å². The van der Waals surface area contributed by atoms with Crippen LogP contribution in [-0.4, -0.2) is 27.3 Å². The normalized spacial score (nSPS) is 17.0. The second kappa shape index (κ2) is 6.74. The minimum atomic E-state index is -0.939. The molecule has 136 valence electrons. The van der Waals surface area contributed by atoms with E-state index < -0.39 is 11.8 Å². The van der Waals surface area contributed by atoms with Crippen LogP contribution in [-0.2, 0) is 9.59 Å². The smallest absolute Gasteiger partial charge is 0.265 e. The molecule has 0 unspecified atom stereocenters. The van der Waals surface area contributed by atoms with Gasteiger partial charge >= 0.3 is 0 Å². The monoisotopic (exact) mass is 353 g/mol. The number of nitrogens with zero attached hydrogens (tertiary/aromatic N) is 4. The van der Waals surface area contributed by atoms with Gasteiger partial charge in [0, 0.05) is 12.1 Å². The summed E-state index contributed by atoms with van der Waals surface area (Å²) in [5.74, 6) is -1.12. The van der Waals surface area contributed by atoms with Crippen molar-refractivity contribution in [2.75, 3.05) is 10.3 Å². The molecule has 1 aliphatic rings. The highest BCUT2D eigenvalue weighted by atomic mass is 16.2. The molecule has 1 aromatic carbocycles. The average Bonchev–Trinajstić information content (AvgIpc) is 3.12. The van der Waals surface area contributed by atoms with Gasteiger partial charge in [0.25, 0.3) is 5.91 Å². The summed E-state index contributed by atoms with van der Waals surface area (Å²) in [6, 6.07) is 7.58. The van der Waals surface area contributed by atoms with E-state index in [1.165, 1.54) is 5.01 Å². The molecule has 26 heavy (non-hydrogen) atoms. The fraction of sp³-hybridized carbons (Fsp3) is 0.368. The van der Waals surface area contributed by atoms with Crippen LogP contribution in [0.3, 0.4) is 0 Å². The highest BCUT2D eigenvalue weighted by molar-refractivity contribution is 6.28. The fourth-order valence-electron chi connectivity index (χ4n) is 3.11. The Bertz CT molecular complexity index is 897. The number of carbonyl (C=O) groups excluding carboxylic acids is 2. The maximum atomic E-state index is 12.9. The number of aryl methyl sites for hydroxylation is 2. The van der Waals surface area contributed by atoms with E-state index in [1.54, 1.807) is 23.9 Å². The van der Waals surface area contributed by atoms with Gasteiger partial charge in [0.1, 0.15) is 5.82 Å². The van der Waals surface area contributed by atoms with Crippen LogP contribution >= 0.6 is 0 Å². The Kier molecular flexibility index (Phi) is 4.63. The zero-order valence-corrected chi connectivity index (χ0v) is 15.6. The molecule has 2 amide bonds. The van der Waals surface area contributed by atoms with Crippen LogP contribution in [0.25, 0.3) is 0 Å². The Morgan fingerprint density at radius 3 is 2.58 bits per heavy atom. The summed E-state index contributed by atoms with van der Waals surface area (Å²) in [7, 11) is 0. The fourth-order valence-corrected chi connectivity index (χ4v) is 3.11. The Morgan fingerprint density at radius 1 is 1.19 bits per heavy atom. The third-order valence-corrected chi connectivity index (χ3v) is 4.38. The molecule has 3 rings (SSSR count). The first-order valence-electron chi connectivity index (χ1n) is 8.60. The molecule has 1 aliphatic heterocycles. The SMILES string of the molecule is CC1=NN(c2ccc(C)cc2C)C(=O)[C@@H]1C(=O)Nc1ccnn1C(C)C. The minimum Gasteiger partial charge on any atom is -0.310 e. The molecule has 2 aromatic rings. The molecular weight excluding hydrogens is 330 g/mol. The summed E-state index contributed by atoms with van der Waals surface area (Å²) in [6.45, 7) is 9.56. The lowest BCUT2D eigenvalue weighted by atomic mass is 10.0. The van der Waals surface area contributed by atoms with E-state index in [0.29, 0.717) is 17.2 Å². The molecule has 0 fully saturated rings. The predicted molar refractivity (Wildman–Crippen MR) is 101 cm³/mol. The van der Waals surface area contributed by atoms with Gasteiger partial charge in [0.15, 0.2) is 5.92 Å². The number of amides is 2. The van der Waals surface area contributed by atoms with Crippen molar-refractivity contribution in [1.29, 1.82) is 0 Å². The summed E-state index contributed by atoms with van der Waals surface area (Å²) >= 11 is 0. The zero-order chi connectivity index (χ0) is 19.0. The van der Waals surface area contributed by atoms with Crippen molar-refractivity contribution in [1.82, 2.24) is 9.78 Å². The third-order valence-electron chi connectivity index (χ3n) is 4.38. The van der Waals surface area contributed by atoms with Gasteiger partial charge < -0.3 is 5.32 Å². The first kappa shape index (κ1) is 17.8. The van der Waals surface area contributed by atoms with E-state index in [2.05, 4.69) is 15.5 Å². The highest BCUT2D eigenvalue weighted by Gasteiger charge is 2.40. The Hall–Kier alpha value is -2.96. The average molecular weight is 353 g/mol. The van der Waals surface area contributed by atoms with Crippen molar-refractivity contribution in [3.05, 3.63) is 41.6 Å². The number of carbonyl (C=O) groups is 2. The molecule has 7 heteroatoms. The van der Waals surface area contributed by atoms with Crippen LogP contribution in [0.2, 0.25) is 0 Å². The number of aromatic nitrogens is 2. The van der Waals surface area contributed by atoms with Gasteiger partial charge in [-0.25, -0.2) is 4.68 Å². The van der Waals surface area contributed by atoms with Gasteiger partial charge in [-0.2, -0.15) is 15.2 Å². The van der Waals surface area contributed by atoms with Gasteiger partial charge in [-0.15, -0.1) is 0 Å². The van der Waals surface area contributed by atoms with Crippen molar-refractivity contribution in [3.8, 4) is 0 Å². The standard InChI is InChI=1S/C19H23N5O2/c1-11(2)23-16(8-9-20-23)21-18(25)17-14(5)22-24(19(17)26)15-7-6-12(3)10-13(15)4/h6-11,17H,1-5H3,(H,21,25)/t17-/m0/s1. The predicted octanol–water partition coefficient (Wildman–Crippen LogP) is 3.06. The summed E-state index contributed by atoms with van der Waals surface area (Å²) < 4.78 is 1.70. The van der Waals surface area contributed by atoms with E-state index in [0.717, 1.165) is 11.1 Å². The quantitative estimate of drug-likeness (QED) is 0.858. The Balaban J connectivity index is 1.83. The van der Waals surface area contributed by atoms with Gasteiger partial charge in [0.2, 0.25) is 5.91 Å². The lowest BCUT2D eigenvalue weighted by molar-refractivity contribution is -0.127. The van der Waals surface area contributed by atoms with Crippen molar-refractivity contribution in [3.63, 3.8) is 0 Å². The Labute approximate surface area is 152 Å². The molecule has 0 spiro atoms. The lowest BCUT2D eigenvalue weighted by Gasteiger charge is -2.17. The summed E-state index contributed by atoms with van der Waals surface area (Å²) in [6.07, 6.45) is 1.62. The highest BCUT2D eigenvalue weighted by Crippen LogP contribution is 2.28. The van der Waals surface area contributed by atoms with E-state index in [9.17, 15) is 9.59 Å². The van der Waals surface area contributed by atoms with Crippen LogP contribution in [0.1, 0.15) is 37.9 Å².